The van der Waals surface area contributed by atoms with E-state index in [0.717, 1.165) is 18.9 Å². The van der Waals surface area contributed by atoms with E-state index < -0.39 is 17.2 Å². The van der Waals surface area contributed by atoms with Crippen molar-refractivity contribution in [2.45, 2.75) is 19.0 Å². The van der Waals surface area contributed by atoms with Crippen molar-refractivity contribution in [1.29, 1.82) is 0 Å². The lowest BCUT2D eigenvalue weighted by molar-refractivity contribution is -0.141. The molecule has 0 unspecified atom stereocenters. The number of anilines is 1. The van der Waals surface area contributed by atoms with Crippen molar-refractivity contribution in [3.05, 3.63) is 17.0 Å². The molecule has 20 heavy (non-hydrogen) atoms. The average Bonchev–Trinajstić information content (AvgIpc) is 2.88. The van der Waals surface area contributed by atoms with Crippen LogP contribution in [0.15, 0.2) is 6.07 Å². The summed E-state index contributed by atoms with van der Waals surface area (Å²) in [4.78, 5) is 20.1. The van der Waals surface area contributed by atoms with E-state index in [0.29, 0.717) is 13.1 Å². The highest BCUT2D eigenvalue weighted by molar-refractivity contribution is 6.28. The van der Waals surface area contributed by atoms with Crippen molar-refractivity contribution in [2.24, 2.45) is 0 Å². The van der Waals surface area contributed by atoms with Gasteiger partial charge in [-0.3, -0.25) is 4.79 Å². The quantitative estimate of drug-likeness (QED) is 0.870. The van der Waals surface area contributed by atoms with Crippen molar-refractivity contribution in [3.63, 3.8) is 0 Å². The van der Waals surface area contributed by atoms with Crippen LogP contribution in [-0.4, -0.2) is 40.4 Å². The van der Waals surface area contributed by atoms with Crippen molar-refractivity contribution < 1.29 is 18.0 Å². The number of nitrogens with one attached hydrogen (secondary N) is 1. The van der Waals surface area contributed by atoms with Gasteiger partial charge in [-0.15, -0.1) is 0 Å². The van der Waals surface area contributed by atoms with Crippen LogP contribution in [0.4, 0.5) is 19.0 Å². The Bertz CT molecular complexity index is 503. The third-order valence-corrected chi connectivity index (χ3v) is 3.04. The Morgan fingerprint density at radius 3 is 2.60 bits per heavy atom. The number of nitrogens with zero attached hydrogens (tertiary/aromatic N) is 3. The molecule has 1 aliphatic heterocycles. The Morgan fingerprint density at radius 2 is 2.00 bits per heavy atom. The SMILES string of the molecule is O=C(CNc1cc(C(F)(F)F)nc(Cl)n1)N1CCCC1. The van der Waals surface area contributed by atoms with Gasteiger partial charge in [-0.05, 0) is 24.4 Å². The first kappa shape index (κ1) is 14.8. The minimum absolute atomic E-state index is 0.120. The molecule has 0 saturated carbocycles. The zero-order chi connectivity index (χ0) is 14.8. The second-order valence-corrected chi connectivity index (χ2v) is 4.68. The molecule has 0 spiro atoms. The normalized spacial score (nSPS) is 15.5. The van der Waals surface area contributed by atoms with Crippen molar-refractivity contribution in [2.75, 3.05) is 25.0 Å². The minimum Gasteiger partial charge on any atom is -0.361 e. The molecule has 2 rings (SSSR count). The van der Waals surface area contributed by atoms with Crippen LogP contribution in [0.1, 0.15) is 18.5 Å². The lowest BCUT2D eigenvalue weighted by Gasteiger charge is -2.16. The van der Waals surface area contributed by atoms with E-state index in [1.54, 1.807) is 4.90 Å². The highest BCUT2D eigenvalue weighted by Gasteiger charge is 2.33. The summed E-state index contributed by atoms with van der Waals surface area (Å²) in [6.45, 7) is 1.24. The highest BCUT2D eigenvalue weighted by Crippen LogP contribution is 2.29. The summed E-state index contributed by atoms with van der Waals surface area (Å²) in [6.07, 6.45) is -2.71. The summed E-state index contributed by atoms with van der Waals surface area (Å²) in [6, 6.07) is 0.725. The molecule has 2 heterocycles. The predicted octanol–water partition coefficient (Wildman–Crippen LogP) is 2.18. The molecule has 9 heteroatoms. The third-order valence-electron chi connectivity index (χ3n) is 2.87. The molecule has 1 fully saturated rings. The fraction of sp³-hybridized carbons (Fsp3) is 0.545. The maximum Gasteiger partial charge on any atom is 0.433 e. The number of alkyl halides is 3. The fourth-order valence-corrected chi connectivity index (χ4v) is 2.08. The molecule has 1 aliphatic rings. The van der Waals surface area contributed by atoms with E-state index in [1.807, 2.05) is 0 Å². The fourth-order valence-electron chi connectivity index (χ4n) is 1.90. The van der Waals surface area contributed by atoms with Gasteiger partial charge in [0, 0.05) is 19.2 Å². The molecule has 1 aromatic heterocycles. The number of hydrogen-bond acceptors (Lipinski definition) is 4. The summed E-state index contributed by atoms with van der Waals surface area (Å²) in [5.74, 6) is -0.296. The molecule has 110 valence electrons. The lowest BCUT2D eigenvalue weighted by atomic mass is 10.3. The van der Waals surface area contributed by atoms with Gasteiger partial charge in [0.05, 0.1) is 6.54 Å². The van der Waals surface area contributed by atoms with Gasteiger partial charge in [0.1, 0.15) is 5.82 Å². The van der Waals surface area contributed by atoms with Crippen molar-refractivity contribution >= 4 is 23.3 Å². The minimum atomic E-state index is -4.61. The van der Waals surface area contributed by atoms with Crippen LogP contribution in [-0.2, 0) is 11.0 Å². The molecule has 1 N–H and O–H groups in total. The van der Waals surface area contributed by atoms with Crippen LogP contribution in [0.3, 0.4) is 0 Å². The van der Waals surface area contributed by atoms with Gasteiger partial charge < -0.3 is 10.2 Å². The van der Waals surface area contributed by atoms with Gasteiger partial charge in [-0.2, -0.15) is 13.2 Å². The summed E-state index contributed by atoms with van der Waals surface area (Å²) in [5, 5.41) is 2.03. The molecule has 0 aliphatic carbocycles. The third kappa shape index (κ3) is 3.72. The number of likely N-dealkylation sites (tertiary alicyclic amines) is 1. The van der Waals surface area contributed by atoms with E-state index in [1.165, 1.54) is 0 Å². The van der Waals surface area contributed by atoms with Crippen LogP contribution < -0.4 is 5.32 Å². The van der Waals surface area contributed by atoms with E-state index in [4.69, 9.17) is 11.6 Å². The second-order valence-electron chi connectivity index (χ2n) is 4.35. The summed E-state index contributed by atoms with van der Waals surface area (Å²) < 4.78 is 37.6. The summed E-state index contributed by atoms with van der Waals surface area (Å²) in [5.41, 5.74) is -1.14. The van der Waals surface area contributed by atoms with Crippen molar-refractivity contribution in [3.8, 4) is 0 Å². The van der Waals surface area contributed by atoms with Crippen LogP contribution in [0.5, 0.6) is 0 Å². The van der Waals surface area contributed by atoms with Gasteiger partial charge in [-0.1, -0.05) is 0 Å². The summed E-state index contributed by atoms with van der Waals surface area (Å²) in [7, 11) is 0. The molecule has 0 aromatic carbocycles. The van der Waals surface area contributed by atoms with Crippen LogP contribution in [0.2, 0.25) is 5.28 Å². The number of aromatic nitrogens is 2. The molecule has 1 amide bonds. The van der Waals surface area contributed by atoms with E-state index in [-0.39, 0.29) is 18.3 Å². The number of carbonyl (C=O) groups is 1. The molecule has 5 nitrogen and oxygen atoms in total. The molecule has 0 atom stereocenters. The Kier molecular flexibility index (Phi) is 4.32. The Balaban J connectivity index is 2.02. The van der Waals surface area contributed by atoms with Crippen LogP contribution in [0.25, 0.3) is 0 Å². The smallest absolute Gasteiger partial charge is 0.361 e. The van der Waals surface area contributed by atoms with Crippen LogP contribution in [0, 0.1) is 0 Å². The van der Waals surface area contributed by atoms with Gasteiger partial charge in [0.2, 0.25) is 11.2 Å². The monoisotopic (exact) mass is 308 g/mol. The first-order chi connectivity index (χ1) is 9.36. The van der Waals surface area contributed by atoms with Gasteiger partial charge >= 0.3 is 6.18 Å². The number of halogens is 4. The lowest BCUT2D eigenvalue weighted by Crippen LogP contribution is -2.33. The van der Waals surface area contributed by atoms with E-state index >= 15 is 0 Å². The van der Waals surface area contributed by atoms with Gasteiger partial charge in [-0.25, -0.2) is 9.97 Å². The highest BCUT2D eigenvalue weighted by atomic mass is 35.5. The van der Waals surface area contributed by atoms with E-state index in [2.05, 4.69) is 15.3 Å². The predicted molar refractivity (Wildman–Crippen MR) is 66.3 cm³/mol. The largest absolute Gasteiger partial charge is 0.433 e. The van der Waals surface area contributed by atoms with Gasteiger partial charge in [0.15, 0.2) is 5.69 Å². The zero-order valence-electron chi connectivity index (χ0n) is 10.4. The maximum atomic E-state index is 12.5. The van der Waals surface area contributed by atoms with E-state index in [9.17, 15) is 18.0 Å². The topological polar surface area (TPSA) is 58.1 Å². The average molecular weight is 309 g/mol. The Morgan fingerprint density at radius 1 is 1.35 bits per heavy atom. The molecule has 0 radical (unpaired) electrons. The number of hydrogen-bond donors (Lipinski definition) is 1. The first-order valence-corrected chi connectivity index (χ1v) is 6.37. The molecule has 0 bridgehead atoms. The number of amides is 1. The molecule has 1 saturated heterocycles. The first-order valence-electron chi connectivity index (χ1n) is 5.99. The molecule has 1 aromatic rings. The Labute approximate surface area is 118 Å². The molecular weight excluding hydrogens is 297 g/mol. The number of rotatable bonds is 3. The summed E-state index contributed by atoms with van der Waals surface area (Å²) >= 11 is 5.44. The van der Waals surface area contributed by atoms with Crippen LogP contribution >= 0.6 is 11.6 Å². The zero-order valence-corrected chi connectivity index (χ0v) is 11.1. The maximum absolute atomic E-state index is 12.5. The second kappa shape index (κ2) is 5.82. The standard InChI is InChI=1S/C11H12ClF3N4O/c12-10-17-7(11(13,14)15)5-8(18-10)16-6-9(20)19-3-1-2-4-19/h5H,1-4,6H2,(H,16,17,18). The number of carbonyl (C=O) groups excluding carboxylic acids is 1. The van der Waals surface area contributed by atoms with Gasteiger partial charge in [0.25, 0.3) is 0 Å². The Hall–Kier alpha value is -1.57. The van der Waals surface area contributed by atoms with Crippen molar-refractivity contribution in [1.82, 2.24) is 14.9 Å². The molecular formula is C11H12ClF3N4O.